The van der Waals surface area contributed by atoms with Gasteiger partial charge in [-0.2, -0.15) is 15.3 Å². The van der Waals surface area contributed by atoms with Crippen molar-refractivity contribution in [2.75, 3.05) is 0 Å². The molecule has 198 valence electrons. The van der Waals surface area contributed by atoms with Crippen LogP contribution in [0.25, 0.3) is 11.1 Å². The van der Waals surface area contributed by atoms with Crippen molar-refractivity contribution in [2.24, 2.45) is 10.2 Å². The van der Waals surface area contributed by atoms with Gasteiger partial charge in [-0.15, -0.1) is 0 Å². The standard InChI is InChI=1S/C36H39N3/c1-8-13-15-19-28-36(29-20-16-14-9-2,33(12-5)21-10-3)39(37-7)38-30(6)34-22-17-18-23-35(34)32-26-24-31(11-4)25-27-32/h8-10,12-29H,1-3,5,7,11H2,4,6H3/b15-13-,16-14-,28-19+,29-20+,33-21+,38-30+. The highest BCUT2D eigenvalue weighted by molar-refractivity contribution is 6.04. The molecule has 0 saturated heterocycles. The van der Waals surface area contributed by atoms with Crippen LogP contribution in [0.5, 0.6) is 0 Å². The van der Waals surface area contributed by atoms with Crippen LogP contribution in [-0.2, 0) is 6.42 Å². The highest BCUT2D eigenvalue weighted by atomic mass is 15.7. The van der Waals surface area contributed by atoms with Crippen LogP contribution in [0.4, 0.5) is 0 Å². The fourth-order valence-corrected chi connectivity index (χ4v) is 4.08. The van der Waals surface area contributed by atoms with Crippen LogP contribution in [0.3, 0.4) is 0 Å². The summed E-state index contributed by atoms with van der Waals surface area (Å²) in [6.07, 6.45) is 25.2. The molecule has 0 fully saturated rings. The van der Waals surface area contributed by atoms with Gasteiger partial charge in [-0.05, 0) is 47.8 Å². The van der Waals surface area contributed by atoms with Crippen molar-refractivity contribution in [1.29, 1.82) is 0 Å². The molecule has 0 bridgehead atoms. The average molecular weight is 514 g/mol. The predicted octanol–water partition coefficient (Wildman–Crippen LogP) is 9.19. The maximum atomic E-state index is 5.01. The van der Waals surface area contributed by atoms with E-state index in [-0.39, 0.29) is 0 Å². The summed E-state index contributed by atoms with van der Waals surface area (Å²) >= 11 is 0. The Bertz CT molecular complexity index is 1300. The van der Waals surface area contributed by atoms with Gasteiger partial charge in [0.15, 0.2) is 0 Å². The van der Waals surface area contributed by atoms with Crippen molar-refractivity contribution >= 4 is 12.4 Å². The second-order valence-corrected chi connectivity index (χ2v) is 8.56. The van der Waals surface area contributed by atoms with Gasteiger partial charge in [0.25, 0.3) is 0 Å². The molecule has 2 aromatic rings. The second kappa shape index (κ2) is 16.2. The van der Waals surface area contributed by atoms with Gasteiger partial charge in [-0.1, -0.05) is 149 Å². The molecule has 3 heteroatoms. The van der Waals surface area contributed by atoms with Gasteiger partial charge in [0.05, 0.1) is 5.71 Å². The minimum Gasteiger partial charge on any atom is -0.170 e. The SMILES string of the molecule is C=C/C=C\C=C\C(/C=C/C=C\C=C)(/C(C=C)=C/C=C)N(N=C)/N=C(\C)c1ccccc1-c1ccc(CC)cc1. The first-order valence-corrected chi connectivity index (χ1v) is 12.9. The molecule has 0 unspecified atom stereocenters. The molecule has 0 amide bonds. The number of aryl methyl sites for hydroxylation is 1. The van der Waals surface area contributed by atoms with Crippen LogP contribution in [0.1, 0.15) is 25.0 Å². The molecule has 0 aliphatic heterocycles. The summed E-state index contributed by atoms with van der Waals surface area (Å²) in [4.78, 5) is 0. The van der Waals surface area contributed by atoms with Gasteiger partial charge in [-0.3, -0.25) is 0 Å². The lowest BCUT2D eigenvalue weighted by atomic mass is 9.87. The van der Waals surface area contributed by atoms with E-state index in [1.807, 2.05) is 73.7 Å². The molecule has 0 atom stereocenters. The minimum absolute atomic E-state index is 0.786. The molecule has 0 spiro atoms. The van der Waals surface area contributed by atoms with Gasteiger partial charge in [0.2, 0.25) is 0 Å². The lowest BCUT2D eigenvalue weighted by Gasteiger charge is -2.35. The van der Waals surface area contributed by atoms with Crippen molar-refractivity contribution in [2.45, 2.75) is 25.8 Å². The van der Waals surface area contributed by atoms with Crippen LogP contribution in [0, 0.1) is 0 Å². The molecule has 3 nitrogen and oxygen atoms in total. The maximum absolute atomic E-state index is 5.01. The number of nitrogens with zero attached hydrogens (tertiary/aromatic N) is 3. The Balaban J connectivity index is 2.78. The van der Waals surface area contributed by atoms with Gasteiger partial charge >= 0.3 is 0 Å². The highest BCUT2D eigenvalue weighted by Crippen LogP contribution is 2.32. The molecule has 0 saturated carbocycles. The van der Waals surface area contributed by atoms with Crippen molar-refractivity contribution in [3.05, 3.63) is 171 Å². The molecule has 2 aromatic carbocycles. The molecule has 0 heterocycles. The Labute approximate surface area is 235 Å². The topological polar surface area (TPSA) is 28.0 Å². The summed E-state index contributed by atoms with van der Waals surface area (Å²) < 4.78 is 0. The van der Waals surface area contributed by atoms with Crippen molar-refractivity contribution in [3.8, 4) is 11.1 Å². The highest BCUT2D eigenvalue weighted by Gasteiger charge is 2.34. The number of benzene rings is 2. The van der Waals surface area contributed by atoms with Crippen molar-refractivity contribution < 1.29 is 0 Å². The van der Waals surface area contributed by atoms with E-state index in [1.165, 1.54) is 5.56 Å². The van der Waals surface area contributed by atoms with Gasteiger partial charge < -0.3 is 0 Å². The molecule has 0 aliphatic carbocycles. The number of hydrogen-bond acceptors (Lipinski definition) is 3. The van der Waals surface area contributed by atoms with Crippen LogP contribution < -0.4 is 0 Å². The van der Waals surface area contributed by atoms with Gasteiger partial charge in [0, 0.05) is 12.3 Å². The third-order valence-electron chi connectivity index (χ3n) is 6.10. The first kappa shape index (κ1) is 30.5. The first-order valence-electron chi connectivity index (χ1n) is 12.9. The summed E-state index contributed by atoms with van der Waals surface area (Å²) in [5.74, 6) is 0. The third kappa shape index (κ3) is 8.11. The molecule has 39 heavy (non-hydrogen) atoms. The quantitative estimate of drug-likeness (QED) is 0.132. The summed E-state index contributed by atoms with van der Waals surface area (Å²) in [5.41, 5.74) is 5.18. The van der Waals surface area contributed by atoms with E-state index in [4.69, 9.17) is 5.10 Å². The Hall–Kier alpha value is -4.76. The second-order valence-electron chi connectivity index (χ2n) is 8.56. The summed E-state index contributed by atoms with van der Waals surface area (Å²) in [5, 5.41) is 11.0. The van der Waals surface area contributed by atoms with Gasteiger partial charge in [0.1, 0.15) is 5.54 Å². The lowest BCUT2D eigenvalue weighted by molar-refractivity contribution is 0.223. The third-order valence-corrected chi connectivity index (χ3v) is 6.10. The average Bonchev–Trinajstić information content (AvgIpc) is 2.98. The maximum Gasteiger partial charge on any atom is 0.144 e. The minimum atomic E-state index is -0.951. The Morgan fingerprint density at radius 1 is 0.821 bits per heavy atom. The largest absolute Gasteiger partial charge is 0.170 e. The van der Waals surface area contributed by atoms with E-state index in [0.717, 1.165) is 34.4 Å². The Kier molecular flexibility index (Phi) is 12.6. The first-order chi connectivity index (χ1) is 19.0. The van der Waals surface area contributed by atoms with Crippen LogP contribution in [-0.4, -0.2) is 23.1 Å². The number of allylic oxidation sites excluding steroid dienone is 10. The van der Waals surface area contributed by atoms with Gasteiger partial charge in [-0.25, -0.2) is 0 Å². The smallest absolute Gasteiger partial charge is 0.144 e. The number of rotatable bonds is 15. The predicted molar refractivity (Wildman–Crippen MR) is 173 cm³/mol. The summed E-state index contributed by atoms with van der Waals surface area (Å²) in [6, 6.07) is 16.9. The number of hydrogen-bond donors (Lipinski definition) is 0. The van der Waals surface area contributed by atoms with Crippen molar-refractivity contribution in [3.63, 3.8) is 0 Å². The summed E-state index contributed by atoms with van der Waals surface area (Å²) in [7, 11) is 0. The van der Waals surface area contributed by atoms with E-state index >= 15 is 0 Å². The zero-order valence-electron chi connectivity index (χ0n) is 23.2. The Morgan fingerprint density at radius 2 is 1.44 bits per heavy atom. The summed E-state index contributed by atoms with van der Waals surface area (Å²) in [6.45, 7) is 23.5. The zero-order valence-corrected chi connectivity index (χ0v) is 23.2. The van der Waals surface area contributed by atoms with E-state index in [0.29, 0.717) is 0 Å². The van der Waals surface area contributed by atoms with Crippen LogP contribution in [0.15, 0.2) is 170 Å². The van der Waals surface area contributed by atoms with E-state index in [9.17, 15) is 0 Å². The Morgan fingerprint density at radius 3 is 1.95 bits per heavy atom. The molecule has 0 aliphatic rings. The normalized spacial score (nSPS) is 12.9. The monoisotopic (exact) mass is 513 g/mol. The fourth-order valence-electron chi connectivity index (χ4n) is 4.08. The van der Waals surface area contributed by atoms with E-state index < -0.39 is 5.54 Å². The van der Waals surface area contributed by atoms with Crippen LogP contribution >= 0.6 is 0 Å². The molecule has 2 rings (SSSR count). The lowest BCUT2D eigenvalue weighted by Crippen LogP contribution is -2.41. The van der Waals surface area contributed by atoms with E-state index in [1.54, 1.807) is 29.4 Å². The molecule has 0 aromatic heterocycles. The molecular formula is C36H39N3. The van der Waals surface area contributed by atoms with Crippen LogP contribution in [0.2, 0.25) is 0 Å². The zero-order chi connectivity index (χ0) is 28.5. The number of hydrazone groups is 2. The van der Waals surface area contributed by atoms with E-state index in [2.05, 4.69) is 81.5 Å². The molecular weight excluding hydrogens is 474 g/mol. The molecule has 0 radical (unpaired) electrons. The molecule has 0 N–H and O–H groups in total. The van der Waals surface area contributed by atoms with Crippen molar-refractivity contribution in [1.82, 2.24) is 5.12 Å². The fraction of sp³-hybridized carbons (Fsp3) is 0.111.